The van der Waals surface area contributed by atoms with Crippen LogP contribution in [0.15, 0.2) is 16.3 Å². The number of rotatable bonds is 4. The van der Waals surface area contributed by atoms with Gasteiger partial charge < -0.3 is 10.2 Å². The van der Waals surface area contributed by atoms with Crippen molar-refractivity contribution in [3.63, 3.8) is 0 Å². The van der Waals surface area contributed by atoms with Gasteiger partial charge in [0.05, 0.1) is 29.9 Å². The van der Waals surface area contributed by atoms with Crippen molar-refractivity contribution in [3.05, 3.63) is 22.1 Å². The van der Waals surface area contributed by atoms with E-state index >= 15 is 0 Å². The molecule has 2 unspecified atom stereocenters. The first kappa shape index (κ1) is 16.0. The Kier molecular flexibility index (Phi) is 3.66. The third-order valence-electron chi connectivity index (χ3n) is 4.50. The first-order valence-corrected chi connectivity index (χ1v) is 9.39. The van der Waals surface area contributed by atoms with Gasteiger partial charge in [0.2, 0.25) is 12.2 Å². The Hall–Kier alpha value is -1.52. The molecule has 128 valence electrons. The number of nitrogens with zero attached hydrogens (tertiary/aromatic N) is 4. The van der Waals surface area contributed by atoms with Gasteiger partial charge >= 0.3 is 5.97 Å². The number of aliphatic hydroxyl groups is 1. The number of aryl methyl sites for hydroxylation is 2. The standard InChI is InChI=1S/C14H16N4O4S2/c1-6(19)8-11(20)18-9(13(21)22)14(24-12(8)18)23-7-3-4-17-5-16(2)15-10(7)17/h5-8,12,19H,3-4H2,1-2H3/p+1/t6?,7?,8-,12+/m0/s1. The summed E-state index contributed by atoms with van der Waals surface area (Å²) in [6.45, 7) is 2.42. The third kappa shape index (κ3) is 2.20. The molecule has 2 N–H and O–H groups in total. The number of carbonyl (C=O) groups is 2. The number of aliphatic carboxylic acids is 1. The SMILES string of the molecule is CC(O)[C@H]1C(=O)N2C(C(=O)O)=C(SC3CC[n+]4cn(C)nc43)S[C@H]12. The Morgan fingerprint density at radius 1 is 1.58 bits per heavy atom. The Balaban J connectivity index is 1.61. The highest BCUT2D eigenvalue weighted by Gasteiger charge is 2.58. The molecule has 1 aromatic heterocycles. The second kappa shape index (κ2) is 5.50. The highest BCUT2D eigenvalue weighted by atomic mass is 32.2. The number of aromatic nitrogens is 3. The van der Waals surface area contributed by atoms with Gasteiger partial charge in [0.1, 0.15) is 10.6 Å². The van der Waals surface area contributed by atoms with Gasteiger partial charge in [-0.15, -0.1) is 16.4 Å². The van der Waals surface area contributed by atoms with Crippen LogP contribution in [0.25, 0.3) is 0 Å². The van der Waals surface area contributed by atoms with E-state index in [1.807, 2.05) is 13.4 Å². The molecule has 0 radical (unpaired) electrons. The molecule has 1 amide bonds. The monoisotopic (exact) mass is 369 g/mol. The number of fused-ring (bicyclic) bond motifs is 2. The van der Waals surface area contributed by atoms with E-state index in [0.29, 0.717) is 4.24 Å². The van der Waals surface area contributed by atoms with Gasteiger partial charge in [-0.05, 0) is 6.92 Å². The van der Waals surface area contributed by atoms with Crippen molar-refractivity contribution in [2.75, 3.05) is 0 Å². The Bertz CT molecular complexity index is 775. The summed E-state index contributed by atoms with van der Waals surface area (Å²) in [6, 6.07) is 0. The van der Waals surface area contributed by atoms with E-state index in [-0.39, 0.29) is 22.2 Å². The summed E-state index contributed by atoms with van der Waals surface area (Å²) in [6.07, 6.45) is 2.02. The van der Waals surface area contributed by atoms with Gasteiger partial charge in [0.15, 0.2) is 5.70 Å². The first-order chi connectivity index (χ1) is 11.4. The van der Waals surface area contributed by atoms with E-state index in [1.54, 1.807) is 11.6 Å². The number of carboxylic acid groups (broad SMARTS) is 1. The molecule has 24 heavy (non-hydrogen) atoms. The molecule has 0 aliphatic carbocycles. The van der Waals surface area contributed by atoms with E-state index < -0.39 is 18.0 Å². The van der Waals surface area contributed by atoms with Gasteiger partial charge in [-0.3, -0.25) is 9.69 Å². The van der Waals surface area contributed by atoms with E-state index in [9.17, 15) is 19.8 Å². The smallest absolute Gasteiger partial charge is 0.354 e. The molecule has 0 spiro atoms. The minimum absolute atomic E-state index is 0.0475. The van der Waals surface area contributed by atoms with Gasteiger partial charge in [-0.1, -0.05) is 11.8 Å². The second-order valence-electron chi connectivity index (χ2n) is 6.16. The van der Waals surface area contributed by atoms with Crippen molar-refractivity contribution >= 4 is 35.4 Å². The van der Waals surface area contributed by atoms with Crippen LogP contribution in [0, 0.1) is 5.92 Å². The van der Waals surface area contributed by atoms with Crippen molar-refractivity contribution in [3.8, 4) is 0 Å². The zero-order valence-electron chi connectivity index (χ0n) is 13.1. The van der Waals surface area contributed by atoms with Crippen molar-refractivity contribution in [2.45, 2.75) is 36.6 Å². The molecule has 1 aromatic rings. The predicted octanol–water partition coefficient (Wildman–Crippen LogP) is 0.0514. The molecule has 10 heteroatoms. The lowest BCUT2D eigenvalue weighted by atomic mass is 9.92. The van der Waals surface area contributed by atoms with Crippen LogP contribution in [0.1, 0.15) is 24.4 Å². The third-order valence-corrected chi connectivity index (χ3v) is 7.37. The first-order valence-electron chi connectivity index (χ1n) is 7.63. The van der Waals surface area contributed by atoms with Crippen molar-refractivity contribution < 1.29 is 24.4 Å². The number of carbonyl (C=O) groups excluding carboxylic acids is 1. The average molecular weight is 369 g/mol. The molecule has 1 fully saturated rings. The highest BCUT2D eigenvalue weighted by molar-refractivity contribution is 8.22. The Morgan fingerprint density at radius 2 is 2.33 bits per heavy atom. The van der Waals surface area contributed by atoms with Gasteiger partial charge in [0.25, 0.3) is 5.82 Å². The second-order valence-corrected chi connectivity index (χ2v) is 8.76. The largest absolute Gasteiger partial charge is 0.477 e. The van der Waals surface area contributed by atoms with Crippen LogP contribution in [0.4, 0.5) is 0 Å². The molecule has 1 saturated heterocycles. The lowest BCUT2D eigenvalue weighted by molar-refractivity contribution is -0.691. The lowest BCUT2D eigenvalue weighted by Crippen LogP contribution is -2.60. The van der Waals surface area contributed by atoms with Gasteiger partial charge in [0, 0.05) is 11.5 Å². The fraction of sp³-hybridized carbons (Fsp3) is 0.571. The lowest BCUT2D eigenvalue weighted by Gasteiger charge is -2.43. The van der Waals surface area contributed by atoms with Crippen LogP contribution in [0.5, 0.6) is 0 Å². The van der Waals surface area contributed by atoms with Crippen LogP contribution in [0.2, 0.25) is 0 Å². The molecule has 4 rings (SSSR count). The summed E-state index contributed by atoms with van der Waals surface area (Å²) in [4.78, 5) is 25.2. The fourth-order valence-corrected chi connectivity index (χ4v) is 6.64. The molecular weight excluding hydrogens is 352 g/mol. The van der Waals surface area contributed by atoms with Crippen LogP contribution in [-0.4, -0.2) is 48.2 Å². The molecular formula is C14H17N4O4S2+. The van der Waals surface area contributed by atoms with E-state index in [4.69, 9.17) is 0 Å². The van der Waals surface area contributed by atoms with Crippen LogP contribution in [0.3, 0.4) is 0 Å². The van der Waals surface area contributed by atoms with E-state index in [0.717, 1.165) is 18.8 Å². The summed E-state index contributed by atoms with van der Waals surface area (Å²) >= 11 is 2.83. The molecule has 0 bridgehead atoms. The van der Waals surface area contributed by atoms with Crippen molar-refractivity contribution in [2.24, 2.45) is 13.0 Å². The number of aliphatic hydroxyl groups excluding tert-OH is 1. The van der Waals surface area contributed by atoms with E-state index in [2.05, 4.69) is 9.67 Å². The maximum absolute atomic E-state index is 12.2. The molecule has 4 heterocycles. The number of thioether (sulfide) groups is 2. The number of hydrogen-bond donors (Lipinski definition) is 2. The van der Waals surface area contributed by atoms with Gasteiger partial charge in [-0.25, -0.2) is 9.36 Å². The average Bonchev–Trinajstić information content (AvgIpc) is 3.11. The molecule has 8 nitrogen and oxygen atoms in total. The van der Waals surface area contributed by atoms with Crippen molar-refractivity contribution in [1.29, 1.82) is 0 Å². The summed E-state index contributed by atoms with van der Waals surface area (Å²) in [5.74, 6) is -1.02. The number of amides is 1. The Labute approximate surface area is 146 Å². The quantitative estimate of drug-likeness (QED) is 0.571. The topological polar surface area (TPSA) is 99.5 Å². The summed E-state index contributed by atoms with van der Waals surface area (Å²) in [7, 11) is 1.86. The van der Waals surface area contributed by atoms with Gasteiger partial charge in [-0.2, -0.15) is 0 Å². The zero-order valence-corrected chi connectivity index (χ0v) is 14.8. The minimum Gasteiger partial charge on any atom is -0.477 e. The maximum Gasteiger partial charge on any atom is 0.354 e. The predicted molar refractivity (Wildman–Crippen MR) is 86.4 cm³/mol. The molecule has 3 aliphatic heterocycles. The maximum atomic E-state index is 12.2. The minimum atomic E-state index is -1.10. The molecule has 0 aromatic carbocycles. The molecule has 3 aliphatic rings. The number of β-lactam (4-membered cyclic amide) rings is 1. The van der Waals surface area contributed by atoms with Crippen LogP contribution in [-0.2, 0) is 23.2 Å². The zero-order chi connectivity index (χ0) is 17.2. The number of carboxylic acids is 1. The normalized spacial score (nSPS) is 29.5. The van der Waals surface area contributed by atoms with E-state index in [1.165, 1.54) is 28.4 Å². The highest BCUT2D eigenvalue weighted by Crippen LogP contribution is 2.56. The summed E-state index contributed by atoms with van der Waals surface area (Å²) < 4.78 is 4.45. The van der Waals surface area contributed by atoms with Crippen LogP contribution < -0.4 is 4.57 Å². The van der Waals surface area contributed by atoms with Crippen LogP contribution >= 0.6 is 23.5 Å². The summed E-state index contributed by atoms with van der Waals surface area (Å²) in [5.41, 5.74) is 0.0475. The molecule has 0 saturated carbocycles. The Morgan fingerprint density at radius 3 is 3.00 bits per heavy atom. The molecule has 4 atom stereocenters. The number of hydrogen-bond acceptors (Lipinski definition) is 6. The summed E-state index contributed by atoms with van der Waals surface area (Å²) in [5, 5.41) is 23.5. The fourth-order valence-electron chi connectivity index (χ4n) is 3.39. The van der Waals surface area contributed by atoms with Crippen molar-refractivity contribution in [1.82, 2.24) is 14.7 Å².